The predicted octanol–water partition coefficient (Wildman–Crippen LogP) is -0.467. The number of hydrogen-bond donors (Lipinski definition) is 1. The van der Waals surface area contributed by atoms with Gasteiger partial charge < -0.3 is 15.0 Å². The van der Waals surface area contributed by atoms with Gasteiger partial charge in [0.25, 0.3) is 0 Å². The Kier molecular flexibility index (Phi) is 1.83. The van der Waals surface area contributed by atoms with Crippen molar-refractivity contribution >= 4 is 5.97 Å². The Morgan fingerprint density at radius 2 is 2.08 bits per heavy atom. The standard InChI is InChI=1S/C9H14O3/c10-8-4-5-1-2-6(8)7(3-5)9(11)12/h5-8,10H,1-4H2,(H,11,12)/p-1/t5-,6+,7+,8+/m0/s1. The first-order chi connectivity index (χ1) is 5.68. The van der Waals surface area contributed by atoms with Gasteiger partial charge in [0.1, 0.15) is 0 Å². The van der Waals surface area contributed by atoms with Crippen molar-refractivity contribution in [2.45, 2.75) is 31.8 Å². The Morgan fingerprint density at radius 3 is 2.50 bits per heavy atom. The Morgan fingerprint density at radius 1 is 1.33 bits per heavy atom. The summed E-state index contributed by atoms with van der Waals surface area (Å²) in [5.41, 5.74) is 0. The van der Waals surface area contributed by atoms with Gasteiger partial charge in [0.15, 0.2) is 0 Å². The SMILES string of the molecule is O=C([O-])[C@@H]1C[C@@H]2CC[C@H]1[C@H](O)C2. The van der Waals surface area contributed by atoms with Crippen LogP contribution in [0.3, 0.4) is 0 Å². The molecule has 0 aromatic carbocycles. The van der Waals surface area contributed by atoms with Crippen LogP contribution in [0.5, 0.6) is 0 Å². The van der Waals surface area contributed by atoms with E-state index in [-0.39, 0.29) is 17.9 Å². The maximum absolute atomic E-state index is 10.7. The summed E-state index contributed by atoms with van der Waals surface area (Å²) in [5.74, 6) is -0.955. The lowest BCUT2D eigenvalue weighted by atomic mass is 9.63. The summed E-state index contributed by atoms with van der Waals surface area (Å²) in [6, 6.07) is 0. The Bertz CT molecular complexity index is 202. The van der Waals surface area contributed by atoms with E-state index in [1.54, 1.807) is 0 Å². The monoisotopic (exact) mass is 169 g/mol. The molecule has 3 fully saturated rings. The number of carbonyl (C=O) groups excluding carboxylic acids is 1. The average Bonchev–Trinajstić information content (AvgIpc) is 2.04. The maximum atomic E-state index is 10.7. The third-order valence-electron chi connectivity index (χ3n) is 3.38. The third kappa shape index (κ3) is 1.12. The molecule has 0 heterocycles. The smallest absolute Gasteiger partial charge is 0.0577 e. The number of carboxylic acid groups (broad SMARTS) is 1. The first-order valence-electron chi connectivity index (χ1n) is 4.57. The quantitative estimate of drug-likeness (QED) is 0.577. The van der Waals surface area contributed by atoms with E-state index >= 15 is 0 Å². The minimum atomic E-state index is -0.969. The van der Waals surface area contributed by atoms with Gasteiger partial charge in [0, 0.05) is 11.9 Å². The highest BCUT2D eigenvalue weighted by Crippen LogP contribution is 2.44. The molecular weight excluding hydrogens is 156 g/mol. The highest BCUT2D eigenvalue weighted by Gasteiger charge is 2.41. The fourth-order valence-corrected chi connectivity index (χ4v) is 2.74. The molecule has 0 unspecified atom stereocenters. The average molecular weight is 169 g/mol. The van der Waals surface area contributed by atoms with Crippen LogP contribution >= 0.6 is 0 Å². The van der Waals surface area contributed by atoms with Gasteiger partial charge in [-0.05, 0) is 37.5 Å². The molecule has 0 saturated heterocycles. The molecule has 3 aliphatic carbocycles. The van der Waals surface area contributed by atoms with Crippen molar-refractivity contribution in [2.75, 3.05) is 0 Å². The molecule has 3 rings (SSSR count). The van der Waals surface area contributed by atoms with Crippen molar-refractivity contribution < 1.29 is 15.0 Å². The molecule has 3 nitrogen and oxygen atoms in total. The molecule has 0 aromatic rings. The molecule has 3 aliphatic rings. The van der Waals surface area contributed by atoms with Crippen molar-refractivity contribution in [2.24, 2.45) is 17.8 Å². The van der Waals surface area contributed by atoms with Crippen LogP contribution in [0.25, 0.3) is 0 Å². The van der Waals surface area contributed by atoms with Gasteiger partial charge in [-0.15, -0.1) is 0 Å². The third-order valence-corrected chi connectivity index (χ3v) is 3.38. The predicted molar refractivity (Wildman–Crippen MR) is 40.0 cm³/mol. The van der Waals surface area contributed by atoms with Gasteiger partial charge in [0.2, 0.25) is 0 Å². The second kappa shape index (κ2) is 2.73. The van der Waals surface area contributed by atoms with Crippen LogP contribution in [0.1, 0.15) is 25.7 Å². The van der Waals surface area contributed by atoms with E-state index in [2.05, 4.69) is 0 Å². The molecule has 0 spiro atoms. The lowest BCUT2D eigenvalue weighted by Crippen LogP contribution is -2.48. The molecule has 12 heavy (non-hydrogen) atoms. The Hall–Kier alpha value is -0.570. The minimum Gasteiger partial charge on any atom is -0.550 e. The van der Waals surface area contributed by atoms with Crippen LogP contribution in [-0.2, 0) is 4.79 Å². The molecule has 3 saturated carbocycles. The highest BCUT2D eigenvalue weighted by molar-refractivity contribution is 5.68. The number of carboxylic acids is 1. The van der Waals surface area contributed by atoms with Gasteiger partial charge in [-0.3, -0.25) is 0 Å². The van der Waals surface area contributed by atoms with Crippen molar-refractivity contribution in [3.63, 3.8) is 0 Å². The fraction of sp³-hybridized carbons (Fsp3) is 0.889. The van der Waals surface area contributed by atoms with Gasteiger partial charge in [0.05, 0.1) is 6.10 Å². The van der Waals surface area contributed by atoms with Crippen LogP contribution in [0.15, 0.2) is 0 Å². The number of hydrogen-bond acceptors (Lipinski definition) is 3. The van der Waals surface area contributed by atoms with E-state index in [1.807, 2.05) is 0 Å². The zero-order valence-corrected chi connectivity index (χ0v) is 6.90. The number of aliphatic carboxylic acids is 1. The summed E-state index contributed by atoms with van der Waals surface area (Å²) in [6.07, 6.45) is 3.09. The summed E-state index contributed by atoms with van der Waals surface area (Å²) in [6.45, 7) is 0. The first-order valence-corrected chi connectivity index (χ1v) is 4.57. The summed E-state index contributed by atoms with van der Waals surface area (Å²) in [5, 5.41) is 20.2. The Labute approximate surface area is 71.4 Å². The number of carbonyl (C=O) groups is 1. The van der Waals surface area contributed by atoms with E-state index in [0.29, 0.717) is 5.92 Å². The minimum absolute atomic E-state index is 0.0278. The molecule has 0 amide bonds. The van der Waals surface area contributed by atoms with Crippen molar-refractivity contribution in [1.29, 1.82) is 0 Å². The normalized spacial score (nSPS) is 46.1. The number of rotatable bonds is 1. The number of fused-ring (bicyclic) bond motifs is 3. The zero-order chi connectivity index (χ0) is 8.72. The molecule has 0 aliphatic heterocycles. The zero-order valence-electron chi connectivity index (χ0n) is 6.90. The van der Waals surface area contributed by atoms with E-state index in [9.17, 15) is 15.0 Å². The molecule has 1 N–H and O–H groups in total. The van der Waals surface area contributed by atoms with Crippen LogP contribution in [0, 0.1) is 17.8 Å². The number of aliphatic hydroxyl groups is 1. The van der Waals surface area contributed by atoms with Crippen LogP contribution in [0.4, 0.5) is 0 Å². The molecule has 0 radical (unpaired) electrons. The summed E-state index contributed by atoms with van der Waals surface area (Å²) >= 11 is 0. The topological polar surface area (TPSA) is 60.4 Å². The second-order valence-corrected chi connectivity index (χ2v) is 4.07. The molecule has 68 valence electrons. The summed E-state index contributed by atoms with van der Waals surface area (Å²) < 4.78 is 0. The van der Waals surface area contributed by atoms with Gasteiger partial charge in [-0.2, -0.15) is 0 Å². The Balaban J connectivity index is 2.14. The lowest BCUT2D eigenvalue weighted by molar-refractivity contribution is -0.317. The highest BCUT2D eigenvalue weighted by atomic mass is 16.4. The van der Waals surface area contributed by atoms with E-state index in [1.165, 1.54) is 0 Å². The van der Waals surface area contributed by atoms with Crippen LogP contribution in [-0.4, -0.2) is 17.2 Å². The largest absolute Gasteiger partial charge is 0.550 e. The van der Waals surface area contributed by atoms with Crippen LogP contribution in [0.2, 0.25) is 0 Å². The van der Waals surface area contributed by atoms with E-state index in [4.69, 9.17) is 0 Å². The van der Waals surface area contributed by atoms with Gasteiger partial charge >= 0.3 is 0 Å². The summed E-state index contributed by atoms with van der Waals surface area (Å²) in [4.78, 5) is 10.7. The first kappa shape index (κ1) is 8.05. The summed E-state index contributed by atoms with van der Waals surface area (Å²) in [7, 11) is 0. The van der Waals surface area contributed by atoms with Crippen molar-refractivity contribution in [3.05, 3.63) is 0 Å². The van der Waals surface area contributed by atoms with Gasteiger partial charge in [-0.25, -0.2) is 0 Å². The molecular formula is C9H13O3-. The maximum Gasteiger partial charge on any atom is 0.0577 e. The van der Waals surface area contributed by atoms with E-state index in [0.717, 1.165) is 25.7 Å². The van der Waals surface area contributed by atoms with Crippen molar-refractivity contribution in [1.82, 2.24) is 0 Å². The lowest BCUT2D eigenvalue weighted by Gasteiger charge is -2.45. The van der Waals surface area contributed by atoms with Crippen molar-refractivity contribution in [3.8, 4) is 0 Å². The number of aliphatic hydroxyl groups excluding tert-OH is 1. The molecule has 3 heteroatoms. The molecule has 4 atom stereocenters. The van der Waals surface area contributed by atoms with Gasteiger partial charge in [-0.1, -0.05) is 0 Å². The second-order valence-electron chi connectivity index (χ2n) is 4.07. The molecule has 0 aromatic heterocycles. The molecule has 2 bridgehead atoms. The van der Waals surface area contributed by atoms with E-state index < -0.39 is 5.97 Å². The fourth-order valence-electron chi connectivity index (χ4n) is 2.74. The van der Waals surface area contributed by atoms with Crippen LogP contribution < -0.4 is 5.11 Å².